The highest BCUT2D eigenvalue weighted by atomic mass is 16.4. The maximum atomic E-state index is 11.2. The van der Waals surface area contributed by atoms with Gasteiger partial charge in [0.25, 0.3) is 0 Å². The van der Waals surface area contributed by atoms with Gasteiger partial charge in [-0.05, 0) is 74.9 Å². The first-order valence-electron chi connectivity index (χ1n) is 7.55. The van der Waals surface area contributed by atoms with Crippen molar-refractivity contribution in [2.24, 2.45) is 0 Å². The summed E-state index contributed by atoms with van der Waals surface area (Å²) in [5.41, 5.74) is 5.52. The molecule has 1 saturated heterocycles. The molecular weight excluding hydrogens is 266 g/mol. The molecule has 1 aliphatic heterocycles. The maximum absolute atomic E-state index is 11.2. The molecule has 1 aromatic rings. The highest BCUT2D eigenvalue weighted by Crippen LogP contribution is 2.29. The normalized spacial score (nSPS) is 20.7. The number of likely N-dealkylation sites (tertiary alicyclic amines) is 1. The van der Waals surface area contributed by atoms with Crippen LogP contribution in [0.2, 0.25) is 0 Å². The van der Waals surface area contributed by atoms with Crippen LogP contribution in [0.5, 0.6) is 0 Å². The third-order valence-electron chi connectivity index (χ3n) is 4.81. The lowest BCUT2D eigenvalue weighted by atomic mass is 9.90. The number of carbonyl (C=O) groups is 1. The number of hydrogen-bond acceptors (Lipinski definition) is 3. The smallest absolute Gasteiger partial charge is 0.320 e. The number of nitrogens with zero attached hydrogens (tertiary/aromatic N) is 1. The minimum atomic E-state index is -0.784. The number of aliphatic hydroxyl groups excluding tert-OH is 1. The monoisotopic (exact) mass is 291 g/mol. The van der Waals surface area contributed by atoms with Crippen LogP contribution in [-0.2, 0) is 4.79 Å². The minimum Gasteiger partial charge on any atom is -0.480 e. The molecule has 0 amide bonds. The van der Waals surface area contributed by atoms with Crippen molar-refractivity contribution in [3.63, 3.8) is 0 Å². The van der Waals surface area contributed by atoms with Crippen LogP contribution in [-0.4, -0.2) is 40.2 Å². The van der Waals surface area contributed by atoms with Crippen LogP contribution in [0, 0.1) is 27.7 Å². The Morgan fingerprint density at radius 3 is 2.38 bits per heavy atom. The SMILES string of the molecule is Cc1cc(C)c(C)c(C(O)CN2CCCC2C(=O)O)c1C. The lowest BCUT2D eigenvalue weighted by Crippen LogP contribution is -2.38. The largest absolute Gasteiger partial charge is 0.480 e. The summed E-state index contributed by atoms with van der Waals surface area (Å²) < 4.78 is 0. The Morgan fingerprint density at radius 2 is 1.86 bits per heavy atom. The van der Waals surface area contributed by atoms with Crippen molar-refractivity contribution in [2.45, 2.75) is 52.7 Å². The van der Waals surface area contributed by atoms with Gasteiger partial charge in [0.05, 0.1) is 6.10 Å². The lowest BCUT2D eigenvalue weighted by molar-refractivity contribution is -0.142. The Balaban J connectivity index is 2.25. The van der Waals surface area contributed by atoms with E-state index in [1.807, 2.05) is 32.6 Å². The van der Waals surface area contributed by atoms with Crippen molar-refractivity contribution in [2.75, 3.05) is 13.1 Å². The van der Waals surface area contributed by atoms with Crippen LogP contribution in [0.1, 0.15) is 46.8 Å². The van der Waals surface area contributed by atoms with Crippen LogP contribution >= 0.6 is 0 Å². The van der Waals surface area contributed by atoms with Crippen molar-refractivity contribution >= 4 is 5.97 Å². The Morgan fingerprint density at radius 1 is 1.29 bits per heavy atom. The van der Waals surface area contributed by atoms with E-state index in [0.29, 0.717) is 13.0 Å². The summed E-state index contributed by atoms with van der Waals surface area (Å²) >= 11 is 0. The summed E-state index contributed by atoms with van der Waals surface area (Å²) in [6.07, 6.45) is 0.921. The predicted octanol–water partition coefficient (Wildman–Crippen LogP) is 2.50. The Kier molecular flexibility index (Phi) is 4.69. The Labute approximate surface area is 126 Å². The minimum absolute atomic E-state index is 0.390. The number of carboxylic acids is 1. The zero-order valence-electron chi connectivity index (χ0n) is 13.3. The second kappa shape index (κ2) is 6.16. The highest BCUT2D eigenvalue weighted by Gasteiger charge is 2.32. The molecule has 0 aromatic heterocycles. The molecule has 0 radical (unpaired) electrons. The molecule has 1 aliphatic rings. The first kappa shape index (κ1) is 16.0. The summed E-state index contributed by atoms with van der Waals surface area (Å²) in [7, 11) is 0. The van der Waals surface area contributed by atoms with Gasteiger partial charge < -0.3 is 10.2 Å². The average Bonchev–Trinajstić information content (AvgIpc) is 2.85. The molecule has 2 unspecified atom stereocenters. The van der Waals surface area contributed by atoms with Gasteiger partial charge in [0.1, 0.15) is 6.04 Å². The Bertz CT molecular complexity index is 527. The molecule has 2 rings (SSSR count). The summed E-state index contributed by atoms with van der Waals surface area (Å²) in [6, 6.07) is 1.68. The number of β-amino-alcohol motifs (C(OH)–C–C–N with tert-alkyl or cyclic N) is 1. The van der Waals surface area contributed by atoms with Gasteiger partial charge in [-0.1, -0.05) is 6.07 Å². The number of aryl methyl sites for hydroxylation is 2. The van der Waals surface area contributed by atoms with Crippen molar-refractivity contribution in [1.82, 2.24) is 4.90 Å². The summed E-state index contributed by atoms with van der Waals surface area (Å²) in [6.45, 7) is 9.29. The van der Waals surface area contributed by atoms with E-state index in [2.05, 4.69) is 6.07 Å². The van der Waals surface area contributed by atoms with Gasteiger partial charge in [0.15, 0.2) is 0 Å². The van der Waals surface area contributed by atoms with Crippen molar-refractivity contribution in [3.05, 3.63) is 33.9 Å². The van der Waals surface area contributed by atoms with E-state index in [9.17, 15) is 15.0 Å². The zero-order chi connectivity index (χ0) is 15.7. The molecule has 1 fully saturated rings. The van der Waals surface area contributed by atoms with Gasteiger partial charge in [0.2, 0.25) is 0 Å². The van der Waals surface area contributed by atoms with Gasteiger partial charge in [-0.2, -0.15) is 0 Å². The van der Waals surface area contributed by atoms with Gasteiger partial charge in [-0.25, -0.2) is 0 Å². The van der Waals surface area contributed by atoms with Gasteiger partial charge in [-0.15, -0.1) is 0 Å². The second-order valence-electron chi connectivity index (χ2n) is 6.18. The fraction of sp³-hybridized carbons (Fsp3) is 0.588. The fourth-order valence-corrected chi connectivity index (χ4v) is 3.38. The zero-order valence-corrected chi connectivity index (χ0v) is 13.3. The standard InChI is InChI=1S/C17H25NO3/c1-10-8-11(2)13(4)16(12(10)3)15(19)9-18-7-5-6-14(18)17(20)21/h8,14-15,19H,5-7,9H2,1-4H3,(H,20,21). The van der Waals surface area contributed by atoms with Crippen molar-refractivity contribution < 1.29 is 15.0 Å². The average molecular weight is 291 g/mol. The van der Waals surface area contributed by atoms with Gasteiger partial charge in [0, 0.05) is 6.54 Å². The number of aliphatic hydroxyl groups is 1. The van der Waals surface area contributed by atoms with Gasteiger partial charge in [-0.3, -0.25) is 9.69 Å². The first-order chi connectivity index (χ1) is 9.82. The third-order valence-corrected chi connectivity index (χ3v) is 4.81. The van der Waals surface area contributed by atoms with Crippen LogP contribution in [0.25, 0.3) is 0 Å². The number of carboxylic acid groups (broad SMARTS) is 1. The predicted molar refractivity (Wildman–Crippen MR) is 82.6 cm³/mol. The molecule has 1 heterocycles. The molecule has 116 valence electrons. The number of hydrogen-bond donors (Lipinski definition) is 2. The maximum Gasteiger partial charge on any atom is 0.320 e. The number of rotatable bonds is 4. The first-order valence-corrected chi connectivity index (χ1v) is 7.55. The van der Waals surface area contributed by atoms with E-state index >= 15 is 0 Å². The van der Waals surface area contributed by atoms with E-state index in [1.54, 1.807) is 0 Å². The topological polar surface area (TPSA) is 60.8 Å². The molecule has 21 heavy (non-hydrogen) atoms. The molecule has 0 saturated carbocycles. The highest BCUT2D eigenvalue weighted by molar-refractivity contribution is 5.73. The van der Waals surface area contributed by atoms with Crippen LogP contribution in [0.15, 0.2) is 6.07 Å². The van der Waals surface area contributed by atoms with Crippen LogP contribution in [0.3, 0.4) is 0 Å². The summed E-state index contributed by atoms with van der Waals surface area (Å²) in [4.78, 5) is 13.1. The molecule has 1 aromatic carbocycles. The molecule has 0 aliphatic carbocycles. The fourth-order valence-electron chi connectivity index (χ4n) is 3.38. The van der Waals surface area contributed by atoms with E-state index in [-0.39, 0.29) is 0 Å². The Hall–Kier alpha value is -1.39. The molecule has 2 atom stereocenters. The molecular formula is C17H25NO3. The number of aliphatic carboxylic acids is 1. The van der Waals surface area contributed by atoms with Gasteiger partial charge >= 0.3 is 5.97 Å². The number of benzene rings is 1. The quantitative estimate of drug-likeness (QED) is 0.895. The van der Waals surface area contributed by atoms with E-state index < -0.39 is 18.1 Å². The molecule has 4 nitrogen and oxygen atoms in total. The second-order valence-corrected chi connectivity index (χ2v) is 6.18. The molecule has 4 heteroatoms. The molecule has 0 spiro atoms. The molecule has 2 N–H and O–H groups in total. The third kappa shape index (κ3) is 3.11. The van der Waals surface area contributed by atoms with Crippen LogP contribution in [0.4, 0.5) is 0 Å². The van der Waals surface area contributed by atoms with Crippen LogP contribution < -0.4 is 0 Å². The van der Waals surface area contributed by atoms with Crippen molar-refractivity contribution in [3.8, 4) is 0 Å². The van der Waals surface area contributed by atoms with E-state index in [1.165, 1.54) is 11.1 Å². The van der Waals surface area contributed by atoms with Crippen molar-refractivity contribution in [1.29, 1.82) is 0 Å². The summed E-state index contributed by atoms with van der Waals surface area (Å²) in [5, 5.41) is 19.9. The van der Waals surface area contributed by atoms with E-state index in [0.717, 1.165) is 29.7 Å². The molecule has 0 bridgehead atoms. The lowest BCUT2D eigenvalue weighted by Gasteiger charge is -2.27. The van der Waals surface area contributed by atoms with E-state index in [4.69, 9.17) is 0 Å². The summed E-state index contributed by atoms with van der Waals surface area (Å²) in [5.74, 6) is -0.784.